The first kappa shape index (κ1) is 13.8. The Labute approximate surface area is 110 Å². The van der Waals surface area contributed by atoms with Gasteiger partial charge in [0.25, 0.3) is 5.91 Å². The van der Waals surface area contributed by atoms with E-state index in [4.69, 9.17) is 9.84 Å². The van der Waals surface area contributed by atoms with Crippen LogP contribution in [0.2, 0.25) is 0 Å². The predicted molar refractivity (Wildman–Crippen MR) is 67.5 cm³/mol. The summed E-state index contributed by atoms with van der Waals surface area (Å²) >= 11 is 0. The first-order valence-corrected chi connectivity index (χ1v) is 7.18. The smallest absolute Gasteiger partial charge is 0.262 e. The van der Waals surface area contributed by atoms with Crippen molar-refractivity contribution in [1.82, 2.24) is 4.72 Å². The van der Waals surface area contributed by atoms with E-state index in [-0.39, 0.29) is 30.6 Å². The zero-order chi connectivity index (χ0) is 13.9. The second kappa shape index (κ2) is 5.55. The molecule has 2 rings (SSSR count). The van der Waals surface area contributed by atoms with E-state index in [0.717, 1.165) is 0 Å². The first-order chi connectivity index (χ1) is 9.03. The fourth-order valence-corrected chi connectivity index (χ4v) is 2.70. The molecular formula is C11H14N2O5S. The molecular weight excluding hydrogens is 272 g/mol. The summed E-state index contributed by atoms with van der Waals surface area (Å²) in [6.45, 7) is -0.0107. The van der Waals surface area contributed by atoms with Crippen molar-refractivity contribution < 1.29 is 23.1 Å². The van der Waals surface area contributed by atoms with Crippen molar-refractivity contribution in [2.45, 2.75) is 11.3 Å². The van der Waals surface area contributed by atoms with E-state index in [1.54, 1.807) is 0 Å². The SMILES string of the molecule is O=C1COc2ccc(S(=O)(=O)NCCCO)cc2N1. The number of aliphatic hydroxyl groups is 1. The van der Waals surface area contributed by atoms with Crippen molar-refractivity contribution in [2.75, 3.05) is 25.1 Å². The number of aliphatic hydroxyl groups excluding tert-OH is 1. The quantitative estimate of drug-likeness (QED) is 0.643. The molecule has 1 aromatic rings. The zero-order valence-electron chi connectivity index (χ0n) is 10.0. The van der Waals surface area contributed by atoms with Crippen LogP contribution < -0.4 is 14.8 Å². The predicted octanol–water partition coefficient (Wildman–Crippen LogP) is -0.322. The van der Waals surface area contributed by atoms with Gasteiger partial charge in [0.2, 0.25) is 10.0 Å². The highest BCUT2D eigenvalue weighted by atomic mass is 32.2. The Bertz CT molecular complexity index is 585. The monoisotopic (exact) mass is 286 g/mol. The molecule has 104 valence electrons. The van der Waals surface area contributed by atoms with Gasteiger partial charge in [0.05, 0.1) is 10.6 Å². The molecule has 0 spiro atoms. The molecule has 1 amide bonds. The number of nitrogens with one attached hydrogen (secondary N) is 2. The van der Waals surface area contributed by atoms with E-state index in [9.17, 15) is 13.2 Å². The Morgan fingerprint density at radius 3 is 2.95 bits per heavy atom. The van der Waals surface area contributed by atoms with Gasteiger partial charge in [0.1, 0.15) is 5.75 Å². The number of ether oxygens (including phenoxy) is 1. The number of fused-ring (bicyclic) bond motifs is 1. The summed E-state index contributed by atoms with van der Waals surface area (Å²) in [6, 6.07) is 4.24. The third-order valence-corrected chi connectivity index (χ3v) is 3.98. The van der Waals surface area contributed by atoms with Crippen LogP contribution in [0, 0.1) is 0 Å². The Balaban J connectivity index is 2.21. The third-order valence-electron chi connectivity index (χ3n) is 2.52. The maximum absolute atomic E-state index is 11.9. The van der Waals surface area contributed by atoms with Crippen LogP contribution in [0.3, 0.4) is 0 Å². The van der Waals surface area contributed by atoms with Gasteiger partial charge in [-0.25, -0.2) is 13.1 Å². The van der Waals surface area contributed by atoms with Crippen LogP contribution in [-0.2, 0) is 14.8 Å². The lowest BCUT2D eigenvalue weighted by Crippen LogP contribution is -2.27. The van der Waals surface area contributed by atoms with Gasteiger partial charge in [0.15, 0.2) is 6.61 Å². The minimum Gasteiger partial charge on any atom is -0.482 e. The second-order valence-electron chi connectivity index (χ2n) is 3.97. The summed E-state index contributed by atoms with van der Waals surface area (Å²) in [5, 5.41) is 11.2. The summed E-state index contributed by atoms with van der Waals surface area (Å²) in [6.07, 6.45) is 0.337. The number of carbonyl (C=O) groups excluding carboxylic acids is 1. The molecule has 0 atom stereocenters. The Morgan fingerprint density at radius 1 is 1.42 bits per heavy atom. The van der Waals surface area contributed by atoms with E-state index in [2.05, 4.69) is 10.0 Å². The van der Waals surface area contributed by atoms with E-state index >= 15 is 0 Å². The summed E-state index contributed by atoms with van der Waals surface area (Å²) in [4.78, 5) is 11.2. The van der Waals surface area contributed by atoms with Crippen molar-refractivity contribution in [3.05, 3.63) is 18.2 Å². The highest BCUT2D eigenvalue weighted by molar-refractivity contribution is 7.89. The van der Waals surface area contributed by atoms with Gasteiger partial charge in [0, 0.05) is 13.2 Å². The molecule has 1 aliphatic heterocycles. The maximum atomic E-state index is 11.9. The molecule has 1 aliphatic rings. The lowest BCUT2D eigenvalue weighted by molar-refractivity contribution is -0.118. The number of anilines is 1. The van der Waals surface area contributed by atoms with E-state index < -0.39 is 10.0 Å². The topological polar surface area (TPSA) is 105 Å². The van der Waals surface area contributed by atoms with Gasteiger partial charge in [-0.1, -0.05) is 0 Å². The minimum atomic E-state index is -3.65. The van der Waals surface area contributed by atoms with Gasteiger partial charge in [-0.2, -0.15) is 0 Å². The molecule has 0 saturated carbocycles. The van der Waals surface area contributed by atoms with Crippen molar-refractivity contribution in [1.29, 1.82) is 0 Å². The number of amides is 1. The average molecular weight is 286 g/mol. The van der Waals surface area contributed by atoms with Crippen LogP contribution in [-0.4, -0.2) is 39.2 Å². The Hall–Kier alpha value is -1.64. The van der Waals surface area contributed by atoms with Crippen LogP contribution in [0.1, 0.15) is 6.42 Å². The van der Waals surface area contributed by atoms with Crippen molar-refractivity contribution in [3.8, 4) is 5.75 Å². The molecule has 0 fully saturated rings. The largest absolute Gasteiger partial charge is 0.482 e. The normalized spacial score (nSPS) is 14.5. The van der Waals surface area contributed by atoms with E-state index in [1.807, 2.05) is 0 Å². The molecule has 0 radical (unpaired) electrons. The molecule has 0 bridgehead atoms. The highest BCUT2D eigenvalue weighted by Gasteiger charge is 2.20. The number of rotatable bonds is 5. The van der Waals surface area contributed by atoms with Gasteiger partial charge in [-0.15, -0.1) is 0 Å². The molecule has 7 nitrogen and oxygen atoms in total. The zero-order valence-corrected chi connectivity index (χ0v) is 10.9. The Morgan fingerprint density at radius 2 is 2.21 bits per heavy atom. The van der Waals surface area contributed by atoms with Crippen LogP contribution in [0.4, 0.5) is 5.69 Å². The van der Waals surface area contributed by atoms with Gasteiger partial charge >= 0.3 is 0 Å². The summed E-state index contributed by atoms with van der Waals surface area (Å²) < 4.78 is 31.4. The average Bonchev–Trinajstić information content (AvgIpc) is 2.38. The van der Waals surface area contributed by atoms with Crippen LogP contribution in [0.25, 0.3) is 0 Å². The number of benzene rings is 1. The van der Waals surface area contributed by atoms with Crippen molar-refractivity contribution >= 4 is 21.6 Å². The molecule has 1 aromatic carbocycles. The van der Waals surface area contributed by atoms with E-state index in [1.165, 1.54) is 18.2 Å². The van der Waals surface area contributed by atoms with Crippen LogP contribution >= 0.6 is 0 Å². The number of hydrogen-bond donors (Lipinski definition) is 3. The second-order valence-corrected chi connectivity index (χ2v) is 5.74. The minimum absolute atomic E-state index is 0.0370. The summed E-state index contributed by atoms with van der Waals surface area (Å²) in [7, 11) is -3.65. The maximum Gasteiger partial charge on any atom is 0.262 e. The summed E-state index contributed by atoms with van der Waals surface area (Å²) in [5.41, 5.74) is 0.335. The standard InChI is InChI=1S/C11H14N2O5S/c14-5-1-4-12-19(16,17)8-2-3-10-9(6-8)13-11(15)7-18-10/h2-3,6,12,14H,1,4-5,7H2,(H,13,15). The van der Waals surface area contributed by atoms with Crippen molar-refractivity contribution in [2.24, 2.45) is 0 Å². The molecule has 8 heteroatoms. The lowest BCUT2D eigenvalue weighted by atomic mass is 10.2. The fraction of sp³-hybridized carbons (Fsp3) is 0.364. The van der Waals surface area contributed by atoms with E-state index in [0.29, 0.717) is 17.9 Å². The summed E-state index contributed by atoms with van der Waals surface area (Å²) in [5.74, 6) is 0.115. The molecule has 3 N–H and O–H groups in total. The van der Waals surface area contributed by atoms with Crippen LogP contribution in [0.15, 0.2) is 23.1 Å². The first-order valence-electron chi connectivity index (χ1n) is 5.70. The highest BCUT2D eigenvalue weighted by Crippen LogP contribution is 2.29. The van der Waals surface area contributed by atoms with Gasteiger partial charge in [-0.3, -0.25) is 4.79 Å². The number of hydrogen-bond acceptors (Lipinski definition) is 5. The fourth-order valence-electron chi connectivity index (χ4n) is 1.60. The third kappa shape index (κ3) is 3.22. The molecule has 0 aliphatic carbocycles. The molecule has 0 aromatic heterocycles. The molecule has 19 heavy (non-hydrogen) atoms. The Kier molecular flexibility index (Phi) is 4.03. The molecule has 1 heterocycles. The number of sulfonamides is 1. The van der Waals surface area contributed by atoms with Crippen LogP contribution in [0.5, 0.6) is 5.75 Å². The molecule has 0 unspecified atom stereocenters. The number of carbonyl (C=O) groups is 1. The molecule has 0 saturated heterocycles. The lowest BCUT2D eigenvalue weighted by Gasteiger charge is -2.18. The van der Waals surface area contributed by atoms with Crippen molar-refractivity contribution in [3.63, 3.8) is 0 Å². The van der Waals surface area contributed by atoms with Gasteiger partial charge in [-0.05, 0) is 24.6 Å². The van der Waals surface area contributed by atoms with Gasteiger partial charge < -0.3 is 15.2 Å².